The van der Waals surface area contributed by atoms with Crippen LogP contribution in [0.1, 0.15) is 113 Å². The summed E-state index contributed by atoms with van der Waals surface area (Å²) in [6.07, 6.45) is 6.57. The highest BCUT2D eigenvalue weighted by Crippen LogP contribution is 2.55. The highest BCUT2D eigenvalue weighted by atomic mass is 35.5. The molecule has 4 heterocycles. The van der Waals surface area contributed by atoms with Crippen molar-refractivity contribution in [2.75, 3.05) is 31.1 Å². The van der Waals surface area contributed by atoms with Gasteiger partial charge in [0, 0.05) is 53.8 Å². The third-order valence-electron chi connectivity index (χ3n) is 14.4. The van der Waals surface area contributed by atoms with Crippen molar-refractivity contribution in [3.63, 3.8) is 0 Å². The molecule has 3 fully saturated rings. The van der Waals surface area contributed by atoms with Gasteiger partial charge in [-0.1, -0.05) is 77.4 Å². The van der Waals surface area contributed by atoms with E-state index in [-0.39, 0.29) is 52.7 Å². The molecule has 0 radical (unpaired) electrons. The number of carbonyl (C=O) groups excluding carboxylic acids is 3. The summed E-state index contributed by atoms with van der Waals surface area (Å²) in [5.74, 6) is 1.13. The third kappa shape index (κ3) is 9.97. The van der Waals surface area contributed by atoms with Crippen molar-refractivity contribution in [2.45, 2.75) is 111 Å². The zero-order chi connectivity index (χ0) is 48.5. The van der Waals surface area contributed by atoms with Gasteiger partial charge in [-0.25, -0.2) is 4.98 Å². The van der Waals surface area contributed by atoms with Crippen molar-refractivity contribution in [1.82, 2.24) is 30.3 Å². The molecule has 1 aliphatic carbocycles. The number of rotatable bonds is 15. The number of thiazole rings is 1. The Bertz CT molecular complexity index is 2630. The number of hydrogen-bond donors (Lipinski definition) is 2. The number of nitriles is 1. The van der Waals surface area contributed by atoms with E-state index in [1.54, 1.807) is 45.3 Å². The smallest absolute Gasteiger partial charge is 0.251 e. The minimum absolute atomic E-state index is 0.0651. The van der Waals surface area contributed by atoms with Gasteiger partial charge in [0.15, 0.2) is 5.75 Å². The molecule has 5 aromatic rings. The van der Waals surface area contributed by atoms with E-state index < -0.39 is 12.1 Å². The summed E-state index contributed by atoms with van der Waals surface area (Å²) >= 11 is 7.88. The summed E-state index contributed by atoms with van der Waals surface area (Å²) in [4.78, 5) is 51.1. The number of likely N-dealkylation sites (tertiary alicyclic amines) is 1. The van der Waals surface area contributed by atoms with E-state index in [1.807, 2.05) is 75.8 Å². The van der Waals surface area contributed by atoms with Crippen LogP contribution < -0.4 is 25.0 Å². The second kappa shape index (κ2) is 20.0. The van der Waals surface area contributed by atoms with Crippen LogP contribution in [-0.2, 0) is 9.59 Å². The van der Waals surface area contributed by atoms with Gasteiger partial charge in [-0.3, -0.25) is 19.1 Å². The van der Waals surface area contributed by atoms with Crippen LogP contribution in [0.5, 0.6) is 11.5 Å². The fraction of sp³-hybridized carbons (Fsp3) is 0.472. The van der Waals surface area contributed by atoms with Crippen LogP contribution in [0, 0.1) is 40.9 Å². The van der Waals surface area contributed by atoms with Crippen LogP contribution in [0.25, 0.3) is 10.4 Å². The summed E-state index contributed by atoms with van der Waals surface area (Å²) in [5, 5.41) is 20.7. The van der Waals surface area contributed by atoms with Crippen LogP contribution in [0.15, 0.2) is 84.6 Å². The third-order valence-corrected chi connectivity index (χ3v) is 15.7. The molecule has 358 valence electrons. The lowest BCUT2D eigenvalue weighted by Gasteiger charge is -2.63. The Morgan fingerprint density at radius 3 is 2.28 bits per heavy atom. The monoisotopic (exact) mass is 958 g/mol. The van der Waals surface area contributed by atoms with E-state index in [0.717, 1.165) is 59.7 Å². The zero-order valence-corrected chi connectivity index (χ0v) is 41.9. The number of halogens is 1. The predicted molar refractivity (Wildman–Crippen MR) is 266 cm³/mol. The number of benzene rings is 3. The molecule has 3 aromatic carbocycles. The van der Waals surface area contributed by atoms with Gasteiger partial charge in [0.05, 0.1) is 51.7 Å². The number of amides is 3. The number of carbonyl (C=O) groups is 3. The van der Waals surface area contributed by atoms with Crippen LogP contribution in [0.2, 0.25) is 5.02 Å². The van der Waals surface area contributed by atoms with Crippen molar-refractivity contribution in [3.05, 3.63) is 112 Å². The highest BCUT2D eigenvalue weighted by molar-refractivity contribution is 7.13. The van der Waals surface area contributed by atoms with E-state index in [4.69, 9.17) is 21.1 Å². The molecule has 68 heavy (non-hydrogen) atoms. The number of nitrogens with zero attached hydrogens (tertiary/aromatic N) is 6. The van der Waals surface area contributed by atoms with Crippen LogP contribution in [0.3, 0.4) is 0 Å². The first-order valence-electron chi connectivity index (χ1n) is 23.8. The van der Waals surface area contributed by atoms with Gasteiger partial charge < -0.3 is 29.9 Å². The summed E-state index contributed by atoms with van der Waals surface area (Å²) < 4.78 is 14.4. The molecule has 2 N–H and O–H groups in total. The van der Waals surface area contributed by atoms with Gasteiger partial charge in [0.25, 0.3) is 5.91 Å². The predicted octanol–water partition coefficient (Wildman–Crippen LogP) is 9.81. The molecular formula is C53H63ClN8O5S. The van der Waals surface area contributed by atoms with E-state index in [0.29, 0.717) is 53.1 Å². The van der Waals surface area contributed by atoms with Crippen molar-refractivity contribution < 1.29 is 23.9 Å². The highest BCUT2D eigenvalue weighted by Gasteiger charge is 2.64. The van der Waals surface area contributed by atoms with Crippen molar-refractivity contribution in [1.29, 1.82) is 5.26 Å². The Labute approximate surface area is 409 Å². The molecule has 13 nitrogen and oxygen atoms in total. The normalized spacial score (nSPS) is 20.8. The van der Waals surface area contributed by atoms with E-state index >= 15 is 0 Å². The van der Waals surface area contributed by atoms with Gasteiger partial charge in [0.1, 0.15) is 30.0 Å². The SMILES string of the molecule is Cc1ncsc1-c1ccc([C@H](C)NC(=O)[C@@H]2CCCN2C(=O)[C@H](C(C)C)n2cc(OCC3CCN(c4ccc(C(=O)NC5C(C)(C)C(Oc6ccc(C#N)c(Cl)c6)C5(C)C)cc4)CC3)cn2)cc1. The minimum atomic E-state index is -0.577. The molecule has 3 amide bonds. The van der Waals surface area contributed by atoms with E-state index in [1.165, 1.54) is 0 Å². The summed E-state index contributed by atoms with van der Waals surface area (Å²) in [5.41, 5.74) is 6.31. The molecule has 1 saturated carbocycles. The molecule has 0 spiro atoms. The standard InChI is InChI=1S/C53H63ClN8O5S/c1-32(2)45(49(65)61-23-9-10-44(61)48(64)58-33(3)36-11-13-37(14-12-36)46-34(4)56-31-68-46)62-29-42(28-57-62)66-30-35-21-24-60(25-22-35)40-18-15-38(16-19-40)47(63)59-50-52(5,6)51(53(50,7)8)67-41-20-17-39(27-55)43(54)26-41/h11-20,26,28-29,31-33,35,44-45,50-51H,9-10,21-25,30H2,1-8H3,(H,58,64)(H,59,63)/t33-,44-,45-,50?,51?/m0/s1. The molecule has 0 bridgehead atoms. The maximum Gasteiger partial charge on any atom is 0.251 e. The number of aromatic nitrogens is 3. The minimum Gasteiger partial charge on any atom is -0.490 e. The Morgan fingerprint density at radius 1 is 0.941 bits per heavy atom. The Morgan fingerprint density at radius 2 is 1.65 bits per heavy atom. The number of aryl methyl sites for hydroxylation is 1. The molecule has 3 atom stereocenters. The lowest BCUT2D eigenvalue weighted by Crippen LogP contribution is -2.74. The molecular weight excluding hydrogens is 896 g/mol. The maximum atomic E-state index is 14.2. The molecule has 3 aliphatic rings. The van der Waals surface area contributed by atoms with Crippen LogP contribution in [-0.4, -0.2) is 81.8 Å². The average Bonchev–Trinajstić information content (AvgIpc) is 4.11. The molecule has 2 aliphatic heterocycles. The first-order valence-corrected chi connectivity index (χ1v) is 25.0. The summed E-state index contributed by atoms with van der Waals surface area (Å²) in [6.45, 7) is 19.2. The van der Waals surface area contributed by atoms with Crippen molar-refractivity contribution in [2.24, 2.45) is 22.7 Å². The number of ether oxygens (including phenoxy) is 2. The molecule has 8 rings (SSSR count). The molecule has 2 saturated heterocycles. The lowest BCUT2D eigenvalue weighted by molar-refractivity contribution is -0.164. The van der Waals surface area contributed by atoms with Crippen molar-refractivity contribution >= 4 is 46.3 Å². The van der Waals surface area contributed by atoms with Gasteiger partial charge >= 0.3 is 0 Å². The first-order chi connectivity index (χ1) is 32.5. The fourth-order valence-electron chi connectivity index (χ4n) is 10.8. The van der Waals surface area contributed by atoms with E-state index in [9.17, 15) is 19.6 Å². The molecule has 0 unspecified atom stereocenters. The Kier molecular flexibility index (Phi) is 14.3. The number of piperidine rings is 1. The number of nitrogens with one attached hydrogen (secondary N) is 2. The topological polar surface area (TPSA) is 155 Å². The molecule has 2 aromatic heterocycles. The van der Waals surface area contributed by atoms with E-state index in [2.05, 4.69) is 71.5 Å². The second-order valence-electron chi connectivity index (χ2n) is 20.2. The maximum absolute atomic E-state index is 14.2. The zero-order valence-electron chi connectivity index (χ0n) is 40.3. The van der Waals surface area contributed by atoms with Gasteiger partial charge in [-0.05, 0) is 98.9 Å². The fourth-order valence-corrected chi connectivity index (χ4v) is 11.8. The van der Waals surface area contributed by atoms with Crippen LogP contribution in [0.4, 0.5) is 5.69 Å². The van der Waals surface area contributed by atoms with Gasteiger partial charge in [-0.15, -0.1) is 11.3 Å². The van der Waals surface area contributed by atoms with Crippen LogP contribution >= 0.6 is 22.9 Å². The average molecular weight is 960 g/mol. The molecule has 15 heteroatoms. The van der Waals surface area contributed by atoms with Gasteiger partial charge in [0.2, 0.25) is 11.8 Å². The second-order valence-corrected chi connectivity index (χ2v) is 21.5. The number of hydrogen-bond acceptors (Lipinski definition) is 10. The summed E-state index contributed by atoms with van der Waals surface area (Å²) in [6, 6.07) is 21.7. The number of anilines is 1. The Balaban J connectivity index is 0.796. The first kappa shape index (κ1) is 48.5. The Hall–Kier alpha value is -5.91. The summed E-state index contributed by atoms with van der Waals surface area (Å²) in [7, 11) is 0. The van der Waals surface area contributed by atoms with Gasteiger partial charge in [-0.2, -0.15) is 10.4 Å². The largest absolute Gasteiger partial charge is 0.490 e. The quantitative estimate of drug-likeness (QED) is 0.104. The lowest BCUT2D eigenvalue weighted by atomic mass is 9.49. The van der Waals surface area contributed by atoms with Crippen molar-refractivity contribution in [3.8, 4) is 28.0 Å².